The lowest BCUT2D eigenvalue weighted by molar-refractivity contribution is -0.133. The first kappa shape index (κ1) is 22.5. The second-order valence-electron chi connectivity index (χ2n) is 6.38. The van der Waals surface area contributed by atoms with E-state index in [2.05, 4.69) is 10.0 Å². The smallest absolute Gasteiger partial charge is 0.244 e. The molecule has 29 heavy (non-hydrogen) atoms. The minimum Gasteiger partial charge on any atom is -0.346 e. The normalized spacial score (nSPS) is 12.2. The summed E-state index contributed by atoms with van der Waals surface area (Å²) in [7, 11) is -4.22. The molecule has 1 atom stereocenters. The van der Waals surface area contributed by atoms with Crippen molar-refractivity contribution in [1.29, 1.82) is 0 Å². The van der Waals surface area contributed by atoms with E-state index in [0.29, 0.717) is 13.1 Å². The molecule has 156 valence electrons. The first-order valence-corrected chi connectivity index (χ1v) is 10.6. The summed E-state index contributed by atoms with van der Waals surface area (Å²) in [5.74, 6) is -1.90. The topological polar surface area (TPSA) is 95.6 Å². The zero-order valence-electron chi connectivity index (χ0n) is 16.3. The predicted octanol–water partition coefficient (Wildman–Crippen LogP) is 1.66. The van der Waals surface area contributed by atoms with Gasteiger partial charge in [-0.2, -0.15) is 4.72 Å². The van der Waals surface area contributed by atoms with Crippen LogP contribution in [-0.2, 0) is 26.2 Å². The maximum Gasteiger partial charge on any atom is 0.244 e. The van der Waals surface area contributed by atoms with Crippen LogP contribution in [0.15, 0.2) is 59.5 Å². The summed E-state index contributed by atoms with van der Waals surface area (Å²) in [6, 6.07) is 13.1. The van der Waals surface area contributed by atoms with Crippen LogP contribution in [-0.4, -0.2) is 44.3 Å². The molecule has 0 aliphatic heterocycles. The number of hydrogen-bond acceptors (Lipinski definition) is 4. The first-order valence-electron chi connectivity index (χ1n) is 9.11. The molecule has 0 heterocycles. The van der Waals surface area contributed by atoms with Gasteiger partial charge in [0.1, 0.15) is 10.7 Å². The number of nitrogens with one attached hydrogen (secondary N) is 2. The highest BCUT2D eigenvalue weighted by Gasteiger charge is 2.25. The fourth-order valence-electron chi connectivity index (χ4n) is 2.62. The van der Waals surface area contributed by atoms with Crippen LogP contribution >= 0.6 is 0 Å². The highest BCUT2D eigenvalue weighted by Crippen LogP contribution is 2.13. The van der Waals surface area contributed by atoms with Gasteiger partial charge in [0, 0.05) is 13.1 Å². The van der Waals surface area contributed by atoms with Gasteiger partial charge in [-0.3, -0.25) is 9.59 Å². The molecule has 0 aliphatic carbocycles. The molecule has 7 nitrogen and oxygen atoms in total. The Balaban J connectivity index is 1.92. The van der Waals surface area contributed by atoms with E-state index in [9.17, 15) is 22.4 Å². The minimum atomic E-state index is -4.22. The van der Waals surface area contributed by atoms with Crippen molar-refractivity contribution < 1.29 is 22.4 Å². The largest absolute Gasteiger partial charge is 0.346 e. The SMILES string of the molecule is CCN(Cc1ccccc1)C(=O)CNC(=O)[C@H](C)NS(=O)(=O)c1ccccc1F. The van der Waals surface area contributed by atoms with Crippen molar-refractivity contribution in [3.8, 4) is 0 Å². The van der Waals surface area contributed by atoms with Crippen LogP contribution in [0.2, 0.25) is 0 Å². The Hall–Kier alpha value is -2.78. The van der Waals surface area contributed by atoms with E-state index in [0.717, 1.165) is 17.7 Å². The molecule has 0 radical (unpaired) electrons. The maximum absolute atomic E-state index is 13.7. The van der Waals surface area contributed by atoms with Crippen molar-refractivity contribution >= 4 is 21.8 Å². The number of carbonyl (C=O) groups excluding carboxylic acids is 2. The van der Waals surface area contributed by atoms with Crippen LogP contribution in [0.3, 0.4) is 0 Å². The summed E-state index contributed by atoms with van der Waals surface area (Å²) in [6.45, 7) is 3.74. The summed E-state index contributed by atoms with van der Waals surface area (Å²) >= 11 is 0. The molecule has 9 heteroatoms. The van der Waals surface area contributed by atoms with Crippen LogP contribution < -0.4 is 10.0 Å². The Morgan fingerprint density at radius 3 is 2.31 bits per heavy atom. The molecule has 2 rings (SSSR count). The number of hydrogen-bond donors (Lipinski definition) is 2. The van der Waals surface area contributed by atoms with E-state index in [4.69, 9.17) is 0 Å². The number of benzene rings is 2. The Morgan fingerprint density at radius 1 is 1.07 bits per heavy atom. The molecular weight excluding hydrogens is 397 g/mol. The molecule has 0 spiro atoms. The van der Waals surface area contributed by atoms with Crippen molar-refractivity contribution in [1.82, 2.24) is 14.9 Å². The quantitative estimate of drug-likeness (QED) is 0.644. The molecule has 2 aromatic rings. The molecule has 0 aliphatic rings. The lowest BCUT2D eigenvalue weighted by atomic mass is 10.2. The van der Waals surface area contributed by atoms with Gasteiger partial charge in [-0.15, -0.1) is 0 Å². The number of carbonyl (C=O) groups is 2. The number of nitrogens with zero attached hydrogens (tertiary/aromatic N) is 1. The third-order valence-corrected chi connectivity index (χ3v) is 5.79. The van der Waals surface area contributed by atoms with Crippen molar-refractivity contribution in [3.05, 3.63) is 66.0 Å². The molecular formula is C20H24FN3O4S. The summed E-state index contributed by atoms with van der Waals surface area (Å²) in [5, 5.41) is 2.42. The third kappa shape index (κ3) is 6.37. The van der Waals surface area contributed by atoms with E-state index in [1.807, 2.05) is 37.3 Å². The zero-order chi connectivity index (χ0) is 21.4. The van der Waals surface area contributed by atoms with Crippen LogP contribution in [0.25, 0.3) is 0 Å². The average Bonchev–Trinajstić information content (AvgIpc) is 2.70. The van der Waals surface area contributed by atoms with Crippen molar-refractivity contribution in [2.24, 2.45) is 0 Å². The molecule has 0 fully saturated rings. The lowest BCUT2D eigenvalue weighted by Crippen LogP contribution is -2.48. The number of likely N-dealkylation sites (N-methyl/N-ethyl adjacent to an activating group) is 1. The Labute approximate surface area is 170 Å². The van der Waals surface area contributed by atoms with E-state index < -0.39 is 32.7 Å². The van der Waals surface area contributed by atoms with Crippen LogP contribution in [0, 0.1) is 5.82 Å². The van der Waals surface area contributed by atoms with Crippen molar-refractivity contribution in [3.63, 3.8) is 0 Å². The van der Waals surface area contributed by atoms with E-state index >= 15 is 0 Å². The van der Waals surface area contributed by atoms with Gasteiger partial charge >= 0.3 is 0 Å². The number of rotatable bonds is 9. The fraction of sp³-hybridized carbons (Fsp3) is 0.300. The number of amides is 2. The van der Waals surface area contributed by atoms with Gasteiger partial charge in [0.25, 0.3) is 0 Å². The minimum absolute atomic E-state index is 0.273. The molecule has 0 aromatic heterocycles. The third-order valence-electron chi connectivity index (χ3n) is 4.22. The van der Waals surface area contributed by atoms with Crippen molar-refractivity contribution in [2.75, 3.05) is 13.1 Å². The van der Waals surface area contributed by atoms with E-state index in [1.165, 1.54) is 19.1 Å². The lowest BCUT2D eigenvalue weighted by Gasteiger charge is -2.22. The molecule has 0 saturated heterocycles. The number of halogens is 1. The summed E-state index contributed by atoms with van der Waals surface area (Å²) in [4.78, 5) is 25.6. The second kappa shape index (κ2) is 10.1. The highest BCUT2D eigenvalue weighted by molar-refractivity contribution is 7.89. The Bertz CT molecular complexity index is 951. The summed E-state index contributed by atoms with van der Waals surface area (Å²) < 4.78 is 40.4. The van der Waals surface area contributed by atoms with Crippen LogP contribution in [0.5, 0.6) is 0 Å². The van der Waals surface area contributed by atoms with Crippen LogP contribution in [0.1, 0.15) is 19.4 Å². The predicted molar refractivity (Wildman–Crippen MR) is 107 cm³/mol. The van der Waals surface area contributed by atoms with Gasteiger partial charge in [-0.05, 0) is 31.5 Å². The molecule has 2 amide bonds. The molecule has 2 N–H and O–H groups in total. The molecule has 0 unspecified atom stereocenters. The number of sulfonamides is 1. The van der Waals surface area contributed by atoms with E-state index in [1.54, 1.807) is 4.90 Å². The van der Waals surface area contributed by atoms with Gasteiger partial charge in [0.15, 0.2) is 0 Å². The molecule has 0 saturated carbocycles. The van der Waals surface area contributed by atoms with Gasteiger partial charge in [0.2, 0.25) is 21.8 Å². The standard InChI is InChI=1S/C20H24FN3O4S/c1-3-24(14-16-9-5-4-6-10-16)19(25)13-22-20(26)15(2)23-29(27,28)18-12-8-7-11-17(18)21/h4-12,15,23H,3,13-14H2,1-2H3,(H,22,26)/t15-/m0/s1. The summed E-state index contributed by atoms with van der Waals surface area (Å²) in [6.07, 6.45) is 0. The average molecular weight is 421 g/mol. The second-order valence-corrected chi connectivity index (χ2v) is 8.07. The van der Waals surface area contributed by atoms with Gasteiger partial charge in [-0.1, -0.05) is 42.5 Å². The van der Waals surface area contributed by atoms with E-state index in [-0.39, 0.29) is 12.5 Å². The zero-order valence-corrected chi connectivity index (χ0v) is 17.1. The maximum atomic E-state index is 13.7. The monoisotopic (exact) mass is 421 g/mol. The van der Waals surface area contributed by atoms with Gasteiger partial charge < -0.3 is 10.2 Å². The Morgan fingerprint density at radius 2 is 1.69 bits per heavy atom. The van der Waals surface area contributed by atoms with Gasteiger partial charge in [-0.25, -0.2) is 12.8 Å². The molecule has 0 bridgehead atoms. The van der Waals surface area contributed by atoms with Crippen molar-refractivity contribution in [2.45, 2.75) is 31.3 Å². The molecule has 2 aromatic carbocycles. The fourth-order valence-corrected chi connectivity index (χ4v) is 3.90. The Kier molecular flexibility index (Phi) is 7.86. The summed E-state index contributed by atoms with van der Waals surface area (Å²) in [5.41, 5.74) is 0.958. The highest BCUT2D eigenvalue weighted by atomic mass is 32.2. The first-order chi connectivity index (χ1) is 13.7. The van der Waals surface area contributed by atoms with Gasteiger partial charge in [0.05, 0.1) is 12.6 Å². The van der Waals surface area contributed by atoms with Crippen LogP contribution in [0.4, 0.5) is 4.39 Å².